The van der Waals surface area contributed by atoms with Crippen LogP contribution in [-0.4, -0.2) is 23.1 Å². The zero-order chi connectivity index (χ0) is 14.0. The van der Waals surface area contributed by atoms with Gasteiger partial charge in [0.15, 0.2) is 0 Å². The van der Waals surface area contributed by atoms with Gasteiger partial charge in [-0.3, -0.25) is 4.98 Å². The number of aryl methyl sites for hydroxylation is 1. The first-order valence-electron chi connectivity index (χ1n) is 7.07. The second-order valence-corrected chi connectivity index (χ2v) is 4.57. The molecule has 0 aliphatic rings. The molecule has 106 valence electrons. The molecular weight excluding hydrogens is 250 g/mol. The molecule has 0 spiro atoms. The number of rotatable bonds is 8. The molecular formula is C16H21N3O. The van der Waals surface area contributed by atoms with Crippen LogP contribution in [0, 0.1) is 0 Å². The lowest BCUT2D eigenvalue weighted by Crippen LogP contribution is -2.13. The van der Waals surface area contributed by atoms with Crippen molar-refractivity contribution in [1.82, 2.24) is 15.3 Å². The van der Waals surface area contributed by atoms with E-state index in [0.29, 0.717) is 12.5 Å². The van der Waals surface area contributed by atoms with Gasteiger partial charge in [0.05, 0.1) is 18.5 Å². The Morgan fingerprint density at radius 3 is 2.80 bits per heavy atom. The fraction of sp³-hybridized carbons (Fsp3) is 0.375. The summed E-state index contributed by atoms with van der Waals surface area (Å²) in [6.45, 7) is 4.38. The second kappa shape index (κ2) is 8.27. The van der Waals surface area contributed by atoms with Crippen LogP contribution in [0.5, 0.6) is 5.88 Å². The van der Waals surface area contributed by atoms with E-state index in [1.165, 1.54) is 5.56 Å². The van der Waals surface area contributed by atoms with Crippen molar-refractivity contribution in [3.8, 4) is 5.88 Å². The molecule has 0 bridgehead atoms. The maximum atomic E-state index is 5.65. The molecule has 0 fully saturated rings. The van der Waals surface area contributed by atoms with Gasteiger partial charge in [0.1, 0.15) is 0 Å². The second-order valence-electron chi connectivity index (χ2n) is 4.57. The SMILES string of the molecule is CCNCc1cncc(OCCCc2ccccc2)n1. The van der Waals surface area contributed by atoms with E-state index in [1.54, 1.807) is 12.4 Å². The molecule has 1 N–H and O–H groups in total. The molecule has 4 heteroatoms. The molecule has 1 aromatic heterocycles. The molecule has 0 radical (unpaired) electrons. The molecule has 20 heavy (non-hydrogen) atoms. The fourth-order valence-corrected chi connectivity index (χ4v) is 1.89. The molecule has 1 heterocycles. The van der Waals surface area contributed by atoms with Crippen LogP contribution in [0.25, 0.3) is 0 Å². The minimum Gasteiger partial charge on any atom is -0.477 e. The predicted molar refractivity (Wildman–Crippen MR) is 79.7 cm³/mol. The summed E-state index contributed by atoms with van der Waals surface area (Å²) < 4.78 is 5.65. The summed E-state index contributed by atoms with van der Waals surface area (Å²) in [5, 5.41) is 3.22. The van der Waals surface area contributed by atoms with Crippen LogP contribution in [0.15, 0.2) is 42.7 Å². The molecule has 1 aromatic carbocycles. The summed E-state index contributed by atoms with van der Waals surface area (Å²) in [5.41, 5.74) is 2.25. The summed E-state index contributed by atoms with van der Waals surface area (Å²) in [5.74, 6) is 0.605. The highest BCUT2D eigenvalue weighted by Gasteiger charge is 2.00. The lowest BCUT2D eigenvalue weighted by atomic mass is 10.1. The molecule has 0 saturated carbocycles. The van der Waals surface area contributed by atoms with Crippen molar-refractivity contribution in [2.24, 2.45) is 0 Å². The molecule has 2 rings (SSSR count). The number of ether oxygens (including phenoxy) is 1. The van der Waals surface area contributed by atoms with Crippen LogP contribution in [0.2, 0.25) is 0 Å². The Bertz CT molecular complexity index is 502. The monoisotopic (exact) mass is 271 g/mol. The number of nitrogens with zero attached hydrogens (tertiary/aromatic N) is 2. The number of benzene rings is 1. The van der Waals surface area contributed by atoms with Gasteiger partial charge in [-0.25, -0.2) is 4.98 Å². The lowest BCUT2D eigenvalue weighted by Gasteiger charge is -2.07. The smallest absolute Gasteiger partial charge is 0.232 e. The molecule has 0 unspecified atom stereocenters. The topological polar surface area (TPSA) is 47.0 Å². The molecule has 0 aliphatic heterocycles. The van der Waals surface area contributed by atoms with Crippen LogP contribution in [0.3, 0.4) is 0 Å². The van der Waals surface area contributed by atoms with E-state index in [2.05, 4.69) is 46.5 Å². The van der Waals surface area contributed by atoms with E-state index in [0.717, 1.165) is 31.6 Å². The fourth-order valence-electron chi connectivity index (χ4n) is 1.89. The van der Waals surface area contributed by atoms with Crippen LogP contribution in [0.4, 0.5) is 0 Å². The Balaban J connectivity index is 1.73. The van der Waals surface area contributed by atoms with E-state index in [1.807, 2.05) is 6.07 Å². The summed E-state index contributed by atoms with van der Waals surface area (Å²) in [6, 6.07) is 10.4. The molecule has 4 nitrogen and oxygen atoms in total. The van der Waals surface area contributed by atoms with E-state index in [9.17, 15) is 0 Å². The number of hydrogen-bond donors (Lipinski definition) is 1. The van der Waals surface area contributed by atoms with Gasteiger partial charge >= 0.3 is 0 Å². The maximum Gasteiger partial charge on any atom is 0.232 e. The minimum atomic E-state index is 0.605. The van der Waals surface area contributed by atoms with Crippen molar-refractivity contribution < 1.29 is 4.74 Å². The normalized spacial score (nSPS) is 10.4. The van der Waals surface area contributed by atoms with Gasteiger partial charge in [-0.2, -0.15) is 0 Å². The van der Waals surface area contributed by atoms with Crippen LogP contribution >= 0.6 is 0 Å². The third kappa shape index (κ3) is 4.97. The van der Waals surface area contributed by atoms with Crippen LogP contribution < -0.4 is 10.1 Å². The molecule has 0 amide bonds. The van der Waals surface area contributed by atoms with Crippen molar-refractivity contribution in [3.63, 3.8) is 0 Å². The third-order valence-corrected chi connectivity index (χ3v) is 2.92. The summed E-state index contributed by atoms with van der Waals surface area (Å²) in [4.78, 5) is 8.55. The highest BCUT2D eigenvalue weighted by molar-refractivity contribution is 5.14. The lowest BCUT2D eigenvalue weighted by molar-refractivity contribution is 0.296. The van der Waals surface area contributed by atoms with E-state index in [4.69, 9.17) is 4.74 Å². The minimum absolute atomic E-state index is 0.605. The summed E-state index contributed by atoms with van der Waals surface area (Å²) >= 11 is 0. The average Bonchev–Trinajstić information content (AvgIpc) is 2.51. The highest BCUT2D eigenvalue weighted by atomic mass is 16.5. The Labute approximate surface area is 120 Å². The predicted octanol–water partition coefficient (Wildman–Crippen LogP) is 2.60. The van der Waals surface area contributed by atoms with Gasteiger partial charge in [-0.1, -0.05) is 37.3 Å². The molecule has 0 saturated heterocycles. The van der Waals surface area contributed by atoms with Gasteiger partial charge in [0, 0.05) is 12.7 Å². The number of aromatic nitrogens is 2. The van der Waals surface area contributed by atoms with Gasteiger partial charge in [0.2, 0.25) is 5.88 Å². The maximum absolute atomic E-state index is 5.65. The van der Waals surface area contributed by atoms with Gasteiger partial charge in [-0.15, -0.1) is 0 Å². The van der Waals surface area contributed by atoms with E-state index < -0.39 is 0 Å². The van der Waals surface area contributed by atoms with Gasteiger partial charge < -0.3 is 10.1 Å². The van der Waals surface area contributed by atoms with E-state index in [-0.39, 0.29) is 0 Å². The van der Waals surface area contributed by atoms with Crippen molar-refractivity contribution in [1.29, 1.82) is 0 Å². The van der Waals surface area contributed by atoms with Crippen LogP contribution in [0.1, 0.15) is 24.6 Å². The third-order valence-electron chi connectivity index (χ3n) is 2.92. The van der Waals surface area contributed by atoms with Crippen molar-refractivity contribution >= 4 is 0 Å². The van der Waals surface area contributed by atoms with Crippen molar-refractivity contribution in [2.75, 3.05) is 13.2 Å². The largest absolute Gasteiger partial charge is 0.477 e. The summed E-state index contributed by atoms with van der Waals surface area (Å²) in [7, 11) is 0. The Hall–Kier alpha value is -1.94. The van der Waals surface area contributed by atoms with Crippen molar-refractivity contribution in [2.45, 2.75) is 26.3 Å². The summed E-state index contributed by atoms with van der Waals surface area (Å²) in [6.07, 6.45) is 5.42. The molecule has 2 aromatic rings. The van der Waals surface area contributed by atoms with Crippen LogP contribution in [-0.2, 0) is 13.0 Å². The van der Waals surface area contributed by atoms with Crippen molar-refractivity contribution in [3.05, 3.63) is 54.0 Å². The average molecular weight is 271 g/mol. The Morgan fingerprint density at radius 1 is 1.15 bits per heavy atom. The zero-order valence-corrected chi connectivity index (χ0v) is 11.9. The molecule has 0 atom stereocenters. The van der Waals surface area contributed by atoms with Gasteiger partial charge in [0.25, 0.3) is 0 Å². The highest BCUT2D eigenvalue weighted by Crippen LogP contribution is 2.07. The molecule has 0 aliphatic carbocycles. The first-order valence-corrected chi connectivity index (χ1v) is 7.07. The number of nitrogens with one attached hydrogen (secondary N) is 1. The van der Waals surface area contributed by atoms with Gasteiger partial charge in [-0.05, 0) is 24.9 Å². The number of hydrogen-bond acceptors (Lipinski definition) is 4. The first-order chi connectivity index (χ1) is 9.88. The first kappa shape index (κ1) is 14.5. The zero-order valence-electron chi connectivity index (χ0n) is 11.9. The standard InChI is InChI=1S/C16H21N3O/c1-2-17-11-15-12-18-13-16(19-15)20-10-6-9-14-7-4-3-5-8-14/h3-5,7-8,12-13,17H,2,6,9-11H2,1H3. The Morgan fingerprint density at radius 2 is 2.00 bits per heavy atom. The van der Waals surface area contributed by atoms with E-state index >= 15 is 0 Å². The Kier molecular flexibility index (Phi) is 5.99. The quantitative estimate of drug-likeness (QED) is 0.750.